The Morgan fingerprint density at radius 2 is 1.60 bits per heavy atom. The first-order valence-corrected chi connectivity index (χ1v) is 13.9. The summed E-state index contributed by atoms with van der Waals surface area (Å²) in [5, 5.41) is 11.7. The Balaban J connectivity index is 1.59. The molecule has 0 spiro atoms. The first-order valence-electron chi connectivity index (χ1n) is 13.1. The molecule has 1 aromatic heterocycles. The molecule has 1 amide bonds. The molecule has 1 atom stereocenters. The van der Waals surface area contributed by atoms with Crippen LogP contribution in [0.5, 0.6) is 17.2 Å². The van der Waals surface area contributed by atoms with E-state index in [0.717, 1.165) is 24.0 Å². The fourth-order valence-electron chi connectivity index (χ4n) is 4.66. The summed E-state index contributed by atoms with van der Waals surface area (Å²) in [5.74, 6) is 0.152. The van der Waals surface area contributed by atoms with Gasteiger partial charge in [0.05, 0.1) is 42.7 Å². The van der Waals surface area contributed by atoms with Crippen molar-refractivity contribution in [3.8, 4) is 17.2 Å². The van der Waals surface area contributed by atoms with Crippen LogP contribution in [-0.2, 0) is 9.59 Å². The lowest BCUT2D eigenvalue weighted by molar-refractivity contribution is -0.132. The third-order valence-electron chi connectivity index (χ3n) is 6.81. The van der Waals surface area contributed by atoms with Crippen molar-refractivity contribution in [1.29, 1.82) is 0 Å². The Morgan fingerprint density at radius 1 is 0.925 bits per heavy atom. The minimum Gasteiger partial charge on any atom is -0.507 e. The quantitative estimate of drug-likeness (QED) is 0.103. The van der Waals surface area contributed by atoms with Crippen LogP contribution in [-0.4, -0.2) is 42.6 Å². The van der Waals surface area contributed by atoms with Crippen LogP contribution in [0.25, 0.3) is 16.0 Å². The lowest BCUT2D eigenvalue weighted by Crippen LogP contribution is -2.29. The Hall–Kier alpha value is -4.37. The van der Waals surface area contributed by atoms with Crippen molar-refractivity contribution < 1.29 is 28.9 Å². The zero-order valence-electron chi connectivity index (χ0n) is 22.5. The summed E-state index contributed by atoms with van der Waals surface area (Å²) in [6, 6.07) is 18.5. The number of methoxy groups -OCH3 is 2. The lowest BCUT2D eigenvalue weighted by Gasteiger charge is -2.23. The summed E-state index contributed by atoms with van der Waals surface area (Å²) < 4.78 is 17.2. The van der Waals surface area contributed by atoms with Gasteiger partial charge in [-0.3, -0.25) is 14.5 Å². The van der Waals surface area contributed by atoms with Gasteiger partial charge in [0.1, 0.15) is 23.0 Å². The van der Waals surface area contributed by atoms with Gasteiger partial charge in [0.15, 0.2) is 5.13 Å². The van der Waals surface area contributed by atoms with Crippen LogP contribution < -0.4 is 19.1 Å². The topological polar surface area (TPSA) is 98.2 Å². The molecular weight excluding hydrogens is 528 g/mol. The molecule has 4 aromatic rings. The van der Waals surface area contributed by atoms with E-state index < -0.39 is 17.7 Å². The highest BCUT2D eigenvalue weighted by molar-refractivity contribution is 7.22. The smallest absolute Gasteiger partial charge is 0.301 e. The van der Waals surface area contributed by atoms with Crippen molar-refractivity contribution in [3.05, 3.63) is 83.4 Å². The number of ether oxygens (including phenoxy) is 3. The van der Waals surface area contributed by atoms with E-state index in [1.807, 2.05) is 36.4 Å². The van der Waals surface area contributed by atoms with Gasteiger partial charge < -0.3 is 19.3 Å². The molecule has 1 fully saturated rings. The van der Waals surface area contributed by atoms with Crippen molar-refractivity contribution in [2.24, 2.45) is 0 Å². The van der Waals surface area contributed by atoms with Crippen molar-refractivity contribution in [1.82, 2.24) is 4.98 Å². The van der Waals surface area contributed by atoms with Crippen LogP contribution in [0.1, 0.15) is 43.4 Å². The van der Waals surface area contributed by atoms with Crippen molar-refractivity contribution >= 4 is 44.1 Å². The highest BCUT2D eigenvalue weighted by atomic mass is 32.1. The Bertz CT molecular complexity index is 1560. The fraction of sp³-hybridized carbons (Fsp3) is 0.258. The summed E-state index contributed by atoms with van der Waals surface area (Å²) in [6.45, 7) is 2.75. The van der Waals surface area contributed by atoms with E-state index in [1.165, 1.54) is 16.2 Å². The van der Waals surface area contributed by atoms with E-state index in [2.05, 4.69) is 11.9 Å². The molecule has 5 rings (SSSR count). The van der Waals surface area contributed by atoms with Crippen LogP contribution in [0.4, 0.5) is 5.13 Å². The van der Waals surface area contributed by atoms with Crippen LogP contribution in [0.3, 0.4) is 0 Å². The SMILES string of the molecule is CCCCCOc1ccc(C2/C(=C(\O)c3ccc(OC)cc3)C(=O)C(=O)N2c2nc3ccc(OC)cc3s2)cc1. The standard InChI is InChI=1S/C31H30N2O6S/c1-4-5-6-17-39-22-13-7-19(8-14-22)27-26(28(34)20-9-11-21(37-2)12-10-20)29(35)30(36)33(27)31-32-24-16-15-23(38-3)18-25(24)40-31/h7-16,18,27,34H,4-6,17H2,1-3H3/b28-26+. The van der Waals surface area contributed by atoms with Gasteiger partial charge in [0.2, 0.25) is 0 Å². The lowest BCUT2D eigenvalue weighted by atomic mass is 9.95. The van der Waals surface area contributed by atoms with E-state index in [-0.39, 0.29) is 11.3 Å². The Labute approximate surface area is 236 Å². The Morgan fingerprint density at radius 3 is 2.27 bits per heavy atom. The van der Waals surface area contributed by atoms with Crippen LogP contribution in [0.15, 0.2) is 72.3 Å². The first-order chi connectivity index (χ1) is 19.4. The third kappa shape index (κ3) is 5.24. The number of thiazole rings is 1. The Kier molecular flexibility index (Phi) is 8.02. The number of hydrogen-bond acceptors (Lipinski definition) is 8. The summed E-state index contributed by atoms with van der Waals surface area (Å²) in [7, 11) is 3.13. The number of nitrogens with zero attached hydrogens (tertiary/aromatic N) is 2. The number of benzene rings is 3. The molecule has 0 saturated carbocycles. The van der Waals surface area contributed by atoms with Gasteiger partial charge in [-0.25, -0.2) is 4.98 Å². The molecule has 1 saturated heterocycles. The molecule has 3 aromatic carbocycles. The van der Waals surface area contributed by atoms with E-state index in [1.54, 1.807) is 44.6 Å². The number of Topliss-reactive ketones (excluding diaryl/α,β-unsaturated/α-hetero) is 1. The van der Waals surface area contributed by atoms with Crippen LogP contribution >= 0.6 is 11.3 Å². The van der Waals surface area contributed by atoms with Crippen molar-refractivity contribution in [3.63, 3.8) is 0 Å². The molecular formula is C31H30N2O6S. The number of aliphatic hydroxyl groups excluding tert-OH is 1. The minimum absolute atomic E-state index is 0.0105. The number of ketones is 1. The van der Waals surface area contributed by atoms with Gasteiger partial charge in [-0.05, 0) is 66.6 Å². The van der Waals surface area contributed by atoms with Crippen LogP contribution in [0, 0.1) is 0 Å². The molecule has 206 valence electrons. The molecule has 1 aliphatic rings. The second-order valence-electron chi connectivity index (χ2n) is 9.35. The summed E-state index contributed by atoms with van der Waals surface area (Å²) in [5.41, 5.74) is 1.71. The largest absolute Gasteiger partial charge is 0.507 e. The zero-order chi connectivity index (χ0) is 28.2. The number of unbranched alkanes of at least 4 members (excludes halogenated alkanes) is 2. The summed E-state index contributed by atoms with van der Waals surface area (Å²) in [6.07, 6.45) is 3.15. The highest BCUT2D eigenvalue weighted by Gasteiger charge is 2.48. The normalized spacial score (nSPS) is 16.5. The van der Waals surface area contributed by atoms with Gasteiger partial charge in [-0.1, -0.05) is 43.2 Å². The number of carbonyl (C=O) groups is 2. The first kappa shape index (κ1) is 27.2. The third-order valence-corrected chi connectivity index (χ3v) is 7.83. The van der Waals surface area contributed by atoms with Gasteiger partial charge in [0.25, 0.3) is 5.78 Å². The summed E-state index contributed by atoms with van der Waals surface area (Å²) in [4.78, 5) is 33.1. The predicted octanol–water partition coefficient (Wildman–Crippen LogP) is 6.51. The van der Waals surface area contributed by atoms with Gasteiger partial charge >= 0.3 is 5.91 Å². The maximum absolute atomic E-state index is 13.5. The number of fused-ring (bicyclic) bond motifs is 1. The second-order valence-corrected chi connectivity index (χ2v) is 10.4. The average Bonchev–Trinajstić information content (AvgIpc) is 3.52. The van der Waals surface area contributed by atoms with Gasteiger partial charge in [0, 0.05) is 5.56 Å². The molecule has 8 nitrogen and oxygen atoms in total. The van der Waals surface area contributed by atoms with E-state index in [0.29, 0.717) is 45.6 Å². The number of aliphatic hydroxyl groups is 1. The fourth-order valence-corrected chi connectivity index (χ4v) is 5.68. The number of aromatic nitrogens is 1. The number of hydrogen-bond donors (Lipinski definition) is 1. The zero-order valence-corrected chi connectivity index (χ0v) is 23.4. The highest BCUT2D eigenvalue weighted by Crippen LogP contribution is 2.45. The second kappa shape index (κ2) is 11.8. The van der Waals surface area contributed by atoms with E-state index >= 15 is 0 Å². The molecule has 40 heavy (non-hydrogen) atoms. The minimum atomic E-state index is -0.890. The molecule has 0 radical (unpaired) electrons. The van der Waals surface area contributed by atoms with E-state index in [9.17, 15) is 14.7 Å². The van der Waals surface area contributed by atoms with Crippen molar-refractivity contribution in [2.75, 3.05) is 25.7 Å². The van der Waals surface area contributed by atoms with E-state index in [4.69, 9.17) is 14.2 Å². The number of anilines is 1. The number of amides is 1. The number of rotatable bonds is 10. The molecule has 1 aliphatic heterocycles. The molecule has 2 heterocycles. The van der Waals surface area contributed by atoms with Gasteiger partial charge in [-0.15, -0.1) is 0 Å². The maximum atomic E-state index is 13.5. The predicted molar refractivity (Wildman–Crippen MR) is 155 cm³/mol. The maximum Gasteiger partial charge on any atom is 0.301 e. The number of carbonyl (C=O) groups excluding carboxylic acids is 2. The molecule has 0 aliphatic carbocycles. The molecule has 0 bridgehead atoms. The van der Waals surface area contributed by atoms with Crippen molar-refractivity contribution in [2.45, 2.75) is 32.2 Å². The molecule has 1 unspecified atom stereocenters. The van der Waals surface area contributed by atoms with Crippen LogP contribution in [0.2, 0.25) is 0 Å². The average molecular weight is 559 g/mol. The molecule has 9 heteroatoms. The molecule has 1 N–H and O–H groups in total. The van der Waals surface area contributed by atoms with Gasteiger partial charge in [-0.2, -0.15) is 0 Å². The monoisotopic (exact) mass is 558 g/mol. The summed E-state index contributed by atoms with van der Waals surface area (Å²) >= 11 is 1.28.